The molecule has 0 spiro atoms. The summed E-state index contributed by atoms with van der Waals surface area (Å²) in [7, 11) is 0. The normalized spacial score (nSPS) is 30.9. The minimum absolute atomic E-state index is 0.319. The molecule has 84 valence electrons. The first-order valence-corrected chi connectivity index (χ1v) is 5.82. The molecule has 0 radical (unpaired) electrons. The molecule has 0 bridgehead atoms. The second-order valence-electron chi connectivity index (χ2n) is 4.40. The van der Waals surface area contributed by atoms with Gasteiger partial charge in [-0.3, -0.25) is 4.90 Å². The Morgan fingerprint density at radius 1 is 1.50 bits per heavy atom. The molecule has 0 aliphatic carbocycles. The van der Waals surface area contributed by atoms with E-state index in [0.717, 1.165) is 19.0 Å². The molecule has 0 amide bonds. The van der Waals surface area contributed by atoms with E-state index < -0.39 is 0 Å². The van der Waals surface area contributed by atoms with E-state index in [-0.39, 0.29) is 6.10 Å². The lowest BCUT2D eigenvalue weighted by Crippen LogP contribution is -2.37. The van der Waals surface area contributed by atoms with E-state index in [1.807, 2.05) is 0 Å². The lowest BCUT2D eigenvalue weighted by atomic mass is 10.1. The van der Waals surface area contributed by atoms with Gasteiger partial charge in [-0.15, -0.1) is 0 Å². The molecule has 1 saturated heterocycles. The highest BCUT2D eigenvalue weighted by atomic mass is 16.3. The molecule has 0 aromatic rings. The van der Waals surface area contributed by atoms with Crippen molar-refractivity contribution in [2.75, 3.05) is 13.1 Å². The van der Waals surface area contributed by atoms with Crippen LogP contribution < -0.4 is 5.73 Å². The van der Waals surface area contributed by atoms with Crippen molar-refractivity contribution in [1.29, 1.82) is 0 Å². The van der Waals surface area contributed by atoms with Gasteiger partial charge in [0.05, 0.1) is 6.10 Å². The summed E-state index contributed by atoms with van der Waals surface area (Å²) in [4.78, 5) is 2.53. The van der Waals surface area contributed by atoms with E-state index in [0.29, 0.717) is 12.6 Å². The fraction of sp³-hybridized carbons (Fsp3) is 1.00. The zero-order valence-electron chi connectivity index (χ0n) is 9.45. The summed E-state index contributed by atoms with van der Waals surface area (Å²) in [5.41, 5.74) is 5.39. The fourth-order valence-corrected chi connectivity index (χ4v) is 2.38. The van der Waals surface area contributed by atoms with Crippen molar-refractivity contribution in [1.82, 2.24) is 4.90 Å². The third kappa shape index (κ3) is 2.94. The van der Waals surface area contributed by atoms with Gasteiger partial charge in [-0.25, -0.2) is 0 Å². The summed E-state index contributed by atoms with van der Waals surface area (Å²) in [6.07, 6.45) is 4.34. The Kier molecular flexibility index (Phi) is 4.85. The van der Waals surface area contributed by atoms with Gasteiger partial charge in [-0.2, -0.15) is 0 Å². The van der Waals surface area contributed by atoms with Crippen LogP contribution in [-0.2, 0) is 0 Å². The van der Waals surface area contributed by atoms with Crippen LogP contribution in [0.1, 0.15) is 39.5 Å². The summed E-state index contributed by atoms with van der Waals surface area (Å²) in [5, 5.41) is 9.41. The summed E-state index contributed by atoms with van der Waals surface area (Å²) in [5.74, 6) is 0. The maximum absolute atomic E-state index is 9.41. The minimum Gasteiger partial charge on any atom is -0.392 e. The minimum atomic E-state index is -0.319. The molecule has 3 atom stereocenters. The lowest BCUT2D eigenvalue weighted by molar-refractivity contribution is 0.127. The maximum Gasteiger partial charge on any atom is 0.0674 e. The second kappa shape index (κ2) is 5.69. The van der Waals surface area contributed by atoms with Crippen molar-refractivity contribution in [3.63, 3.8) is 0 Å². The highest BCUT2D eigenvalue weighted by molar-refractivity contribution is 4.84. The highest BCUT2D eigenvalue weighted by Gasteiger charge is 2.28. The largest absolute Gasteiger partial charge is 0.392 e. The molecular formula is C11H24N2O. The maximum atomic E-state index is 9.41. The Hall–Kier alpha value is -0.120. The summed E-state index contributed by atoms with van der Waals surface area (Å²) >= 11 is 0. The van der Waals surface area contributed by atoms with E-state index in [9.17, 15) is 5.11 Å². The first-order valence-electron chi connectivity index (χ1n) is 5.82. The predicted octanol–water partition coefficient (Wildman–Crippen LogP) is 0.959. The zero-order chi connectivity index (χ0) is 10.6. The number of aliphatic hydroxyl groups is 1. The first kappa shape index (κ1) is 12.0. The highest BCUT2D eigenvalue weighted by Crippen LogP contribution is 2.25. The molecule has 1 aliphatic rings. The van der Waals surface area contributed by atoms with E-state index >= 15 is 0 Å². The molecule has 1 aliphatic heterocycles. The Morgan fingerprint density at radius 2 is 2.21 bits per heavy atom. The third-order valence-corrected chi connectivity index (χ3v) is 3.42. The van der Waals surface area contributed by atoms with Crippen LogP contribution in [0.15, 0.2) is 0 Å². The van der Waals surface area contributed by atoms with Crippen LogP contribution in [0.5, 0.6) is 0 Å². The van der Waals surface area contributed by atoms with E-state index in [4.69, 9.17) is 5.73 Å². The standard InChI is InChI=1S/C11H24N2O/c1-3-10-5-4-9(2)13(10)7-6-11(14)8-12/h9-11,14H,3-8,12H2,1-2H3. The first-order chi connectivity index (χ1) is 6.69. The van der Waals surface area contributed by atoms with Gasteiger partial charge in [0.1, 0.15) is 0 Å². The van der Waals surface area contributed by atoms with Crippen LogP contribution in [0.25, 0.3) is 0 Å². The van der Waals surface area contributed by atoms with Crippen LogP contribution in [0.2, 0.25) is 0 Å². The predicted molar refractivity (Wildman–Crippen MR) is 59.2 cm³/mol. The lowest BCUT2D eigenvalue weighted by Gasteiger charge is -2.28. The number of nitrogens with two attached hydrogens (primary N) is 1. The summed E-state index contributed by atoms with van der Waals surface area (Å²) in [6, 6.07) is 1.42. The molecular weight excluding hydrogens is 176 g/mol. The smallest absolute Gasteiger partial charge is 0.0674 e. The molecule has 1 rings (SSSR count). The average molecular weight is 200 g/mol. The van der Waals surface area contributed by atoms with Crippen molar-refractivity contribution in [3.05, 3.63) is 0 Å². The van der Waals surface area contributed by atoms with Crippen molar-refractivity contribution in [2.45, 2.75) is 57.7 Å². The van der Waals surface area contributed by atoms with Crippen LogP contribution in [0, 0.1) is 0 Å². The zero-order valence-corrected chi connectivity index (χ0v) is 9.45. The quantitative estimate of drug-likeness (QED) is 0.695. The van der Waals surface area contributed by atoms with Crippen LogP contribution in [0.4, 0.5) is 0 Å². The topological polar surface area (TPSA) is 49.5 Å². The third-order valence-electron chi connectivity index (χ3n) is 3.42. The number of rotatable bonds is 5. The molecule has 3 N–H and O–H groups in total. The van der Waals surface area contributed by atoms with Crippen LogP contribution in [0.3, 0.4) is 0 Å². The number of hydrogen-bond donors (Lipinski definition) is 2. The Balaban J connectivity index is 2.33. The molecule has 0 aromatic heterocycles. The molecule has 0 saturated carbocycles. The van der Waals surface area contributed by atoms with Crippen molar-refractivity contribution < 1.29 is 5.11 Å². The Labute approximate surface area is 87.3 Å². The van der Waals surface area contributed by atoms with Gasteiger partial charge >= 0.3 is 0 Å². The number of likely N-dealkylation sites (tertiary alicyclic amines) is 1. The van der Waals surface area contributed by atoms with E-state index in [1.165, 1.54) is 19.3 Å². The van der Waals surface area contributed by atoms with Gasteiger partial charge in [0.15, 0.2) is 0 Å². The summed E-state index contributed by atoms with van der Waals surface area (Å²) in [6.45, 7) is 5.91. The van der Waals surface area contributed by atoms with Gasteiger partial charge in [-0.1, -0.05) is 6.92 Å². The second-order valence-corrected chi connectivity index (χ2v) is 4.40. The Morgan fingerprint density at radius 3 is 2.79 bits per heavy atom. The molecule has 0 aromatic carbocycles. The van der Waals surface area contributed by atoms with Gasteiger partial charge in [0, 0.05) is 25.2 Å². The number of hydrogen-bond acceptors (Lipinski definition) is 3. The molecule has 1 heterocycles. The summed E-state index contributed by atoms with van der Waals surface area (Å²) < 4.78 is 0. The van der Waals surface area contributed by atoms with E-state index in [1.54, 1.807) is 0 Å². The average Bonchev–Trinajstić information content (AvgIpc) is 2.55. The van der Waals surface area contributed by atoms with Crippen LogP contribution in [-0.4, -0.2) is 41.3 Å². The molecule has 14 heavy (non-hydrogen) atoms. The van der Waals surface area contributed by atoms with Crippen molar-refractivity contribution in [2.24, 2.45) is 5.73 Å². The van der Waals surface area contributed by atoms with Gasteiger partial charge in [-0.05, 0) is 32.6 Å². The SMILES string of the molecule is CCC1CCC(C)N1CCC(O)CN. The molecule has 1 fully saturated rings. The fourth-order valence-electron chi connectivity index (χ4n) is 2.38. The molecule has 3 heteroatoms. The van der Waals surface area contributed by atoms with Crippen LogP contribution >= 0.6 is 0 Å². The number of nitrogens with zero attached hydrogens (tertiary/aromatic N) is 1. The van der Waals surface area contributed by atoms with Crippen molar-refractivity contribution >= 4 is 0 Å². The van der Waals surface area contributed by atoms with Crippen molar-refractivity contribution in [3.8, 4) is 0 Å². The molecule has 3 unspecified atom stereocenters. The van der Waals surface area contributed by atoms with Gasteiger partial charge in [0.2, 0.25) is 0 Å². The Bertz CT molecular complexity index is 163. The van der Waals surface area contributed by atoms with Gasteiger partial charge in [0.25, 0.3) is 0 Å². The number of aliphatic hydroxyl groups excluding tert-OH is 1. The monoisotopic (exact) mass is 200 g/mol. The molecule has 3 nitrogen and oxygen atoms in total. The van der Waals surface area contributed by atoms with Gasteiger partial charge < -0.3 is 10.8 Å². The van der Waals surface area contributed by atoms with E-state index in [2.05, 4.69) is 18.7 Å².